The molecule has 1 fully saturated rings. The van der Waals surface area contributed by atoms with Crippen LogP contribution < -0.4 is 4.90 Å². The first-order valence-electron chi connectivity index (χ1n) is 8.10. The Balaban J connectivity index is 1.46. The highest BCUT2D eigenvalue weighted by Gasteiger charge is 2.24. The van der Waals surface area contributed by atoms with Gasteiger partial charge >= 0.3 is 0 Å². The zero-order chi connectivity index (χ0) is 17.2. The van der Waals surface area contributed by atoms with E-state index in [1.807, 2.05) is 41.6 Å². The van der Waals surface area contributed by atoms with Crippen molar-refractivity contribution < 1.29 is 4.79 Å². The molecule has 25 heavy (non-hydrogen) atoms. The topological polar surface area (TPSA) is 66.6 Å². The molecule has 4 heterocycles. The standard InChI is InChI=1S/C17H18N6OS/c1-25-16-13(3-2-6-19-16)17(24)22-11-9-21(10-12-22)15-5-4-14-18-7-8-23(14)20-15/h2-8H,9-12H2,1H3. The van der Waals surface area contributed by atoms with Crippen LogP contribution in [-0.4, -0.2) is 62.8 Å². The average Bonchev–Trinajstić information content (AvgIpc) is 3.15. The SMILES string of the molecule is CSc1ncccc1C(=O)N1CCN(c2ccc3nccn3n2)CC1. The second-order valence-corrected chi connectivity index (χ2v) is 6.56. The highest BCUT2D eigenvalue weighted by molar-refractivity contribution is 7.98. The number of hydrogen-bond acceptors (Lipinski definition) is 6. The number of anilines is 1. The van der Waals surface area contributed by atoms with E-state index in [2.05, 4.69) is 20.0 Å². The van der Waals surface area contributed by atoms with Crippen LogP contribution in [0.2, 0.25) is 0 Å². The van der Waals surface area contributed by atoms with Crippen LogP contribution in [0.1, 0.15) is 10.4 Å². The number of nitrogens with zero attached hydrogens (tertiary/aromatic N) is 6. The van der Waals surface area contributed by atoms with E-state index < -0.39 is 0 Å². The molecule has 1 aliphatic heterocycles. The normalized spacial score (nSPS) is 14.9. The fraction of sp³-hybridized carbons (Fsp3) is 0.294. The number of carbonyl (C=O) groups is 1. The van der Waals surface area contributed by atoms with Crippen molar-refractivity contribution in [2.24, 2.45) is 0 Å². The van der Waals surface area contributed by atoms with Crippen molar-refractivity contribution in [2.45, 2.75) is 5.03 Å². The zero-order valence-corrected chi connectivity index (χ0v) is 14.7. The van der Waals surface area contributed by atoms with Gasteiger partial charge in [0.05, 0.1) is 5.56 Å². The number of amides is 1. The molecule has 0 N–H and O–H groups in total. The third kappa shape index (κ3) is 3.05. The number of carbonyl (C=O) groups excluding carboxylic acids is 1. The van der Waals surface area contributed by atoms with Crippen molar-refractivity contribution in [1.29, 1.82) is 0 Å². The van der Waals surface area contributed by atoms with Gasteiger partial charge in [0.25, 0.3) is 5.91 Å². The molecule has 7 nitrogen and oxygen atoms in total. The van der Waals surface area contributed by atoms with E-state index in [0.717, 1.165) is 29.6 Å². The van der Waals surface area contributed by atoms with Gasteiger partial charge in [-0.25, -0.2) is 14.5 Å². The Morgan fingerprint density at radius 1 is 1.08 bits per heavy atom. The first-order chi connectivity index (χ1) is 12.3. The van der Waals surface area contributed by atoms with Crippen molar-refractivity contribution in [1.82, 2.24) is 24.5 Å². The van der Waals surface area contributed by atoms with Gasteiger partial charge in [-0.3, -0.25) is 4.79 Å². The Kier molecular flexibility index (Phi) is 4.27. The summed E-state index contributed by atoms with van der Waals surface area (Å²) >= 11 is 1.50. The summed E-state index contributed by atoms with van der Waals surface area (Å²) in [5, 5.41) is 5.36. The molecule has 1 saturated heterocycles. The van der Waals surface area contributed by atoms with E-state index in [4.69, 9.17) is 0 Å². The molecule has 4 rings (SSSR count). The van der Waals surface area contributed by atoms with Gasteiger partial charge in [0.2, 0.25) is 0 Å². The minimum absolute atomic E-state index is 0.0510. The molecule has 3 aromatic rings. The smallest absolute Gasteiger partial charge is 0.256 e. The quantitative estimate of drug-likeness (QED) is 0.668. The van der Waals surface area contributed by atoms with Crippen LogP contribution in [-0.2, 0) is 0 Å². The van der Waals surface area contributed by atoms with Crippen LogP contribution in [0.25, 0.3) is 5.65 Å². The van der Waals surface area contributed by atoms with E-state index in [1.165, 1.54) is 11.8 Å². The summed E-state index contributed by atoms with van der Waals surface area (Å²) in [7, 11) is 0. The molecule has 128 valence electrons. The van der Waals surface area contributed by atoms with Crippen LogP contribution >= 0.6 is 11.8 Å². The monoisotopic (exact) mass is 354 g/mol. The highest BCUT2D eigenvalue weighted by Crippen LogP contribution is 2.20. The van der Waals surface area contributed by atoms with E-state index in [0.29, 0.717) is 18.7 Å². The maximum absolute atomic E-state index is 12.8. The lowest BCUT2D eigenvalue weighted by Crippen LogP contribution is -2.49. The summed E-state index contributed by atoms with van der Waals surface area (Å²) < 4.78 is 1.77. The molecule has 8 heteroatoms. The van der Waals surface area contributed by atoms with E-state index in [9.17, 15) is 4.79 Å². The number of imidazole rings is 1. The number of aromatic nitrogens is 4. The van der Waals surface area contributed by atoms with Crippen LogP contribution in [0.4, 0.5) is 5.82 Å². The van der Waals surface area contributed by atoms with E-state index >= 15 is 0 Å². The molecular weight excluding hydrogens is 336 g/mol. The minimum atomic E-state index is 0.0510. The third-order valence-corrected chi connectivity index (χ3v) is 5.04. The van der Waals surface area contributed by atoms with Crippen molar-refractivity contribution in [3.63, 3.8) is 0 Å². The second kappa shape index (κ2) is 6.72. The molecule has 1 aliphatic rings. The fourth-order valence-corrected chi connectivity index (χ4v) is 3.54. The van der Waals surface area contributed by atoms with Gasteiger partial charge in [-0.15, -0.1) is 16.9 Å². The Bertz CT molecular complexity index is 903. The Labute approximate surface area is 149 Å². The lowest BCUT2D eigenvalue weighted by Gasteiger charge is -2.35. The number of piperazine rings is 1. The lowest BCUT2D eigenvalue weighted by molar-refractivity contribution is 0.0742. The third-order valence-electron chi connectivity index (χ3n) is 4.33. The average molecular weight is 354 g/mol. The summed E-state index contributed by atoms with van der Waals surface area (Å²) in [5.74, 6) is 0.957. The lowest BCUT2D eigenvalue weighted by atomic mass is 10.2. The van der Waals surface area contributed by atoms with Crippen LogP contribution in [0, 0.1) is 0 Å². The summed E-state index contributed by atoms with van der Waals surface area (Å²) in [4.78, 5) is 25.4. The van der Waals surface area contributed by atoms with Gasteiger partial charge in [-0.2, -0.15) is 0 Å². The van der Waals surface area contributed by atoms with Crippen molar-refractivity contribution in [3.05, 3.63) is 48.4 Å². The molecule has 1 amide bonds. The molecule has 0 unspecified atom stereocenters. The maximum Gasteiger partial charge on any atom is 0.256 e. The number of fused-ring (bicyclic) bond motifs is 1. The van der Waals surface area contributed by atoms with Gasteiger partial charge in [-0.05, 0) is 30.5 Å². The summed E-state index contributed by atoms with van der Waals surface area (Å²) in [6.45, 7) is 2.86. The summed E-state index contributed by atoms with van der Waals surface area (Å²) in [5.41, 5.74) is 1.51. The van der Waals surface area contributed by atoms with Gasteiger partial charge in [0.1, 0.15) is 10.8 Å². The molecule has 0 aromatic carbocycles. The van der Waals surface area contributed by atoms with Gasteiger partial charge in [0.15, 0.2) is 5.65 Å². The van der Waals surface area contributed by atoms with Gasteiger partial charge < -0.3 is 9.80 Å². The predicted molar refractivity (Wildman–Crippen MR) is 97.1 cm³/mol. The highest BCUT2D eigenvalue weighted by atomic mass is 32.2. The molecular formula is C17H18N6OS. The Morgan fingerprint density at radius 2 is 1.92 bits per heavy atom. The van der Waals surface area contributed by atoms with Crippen LogP contribution in [0.5, 0.6) is 0 Å². The number of rotatable bonds is 3. The van der Waals surface area contributed by atoms with Crippen molar-refractivity contribution >= 4 is 29.1 Å². The van der Waals surface area contributed by atoms with Crippen molar-refractivity contribution in [3.8, 4) is 0 Å². The van der Waals surface area contributed by atoms with Gasteiger partial charge in [-0.1, -0.05) is 0 Å². The van der Waals surface area contributed by atoms with E-state index in [-0.39, 0.29) is 5.91 Å². The second-order valence-electron chi connectivity index (χ2n) is 5.76. The molecule has 0 saturated carbocycles. The first kappa shape index (κ1) is 15.9. The predicted octanol–water partition coefficient (Wildman–Crippen LogP) is 1.81. The fourth-order valence-electron chi connectivity index (χ4n) is 3.00. The minimum Gasteiger partial charge on any atom is -0.352 e. The largest absolute Gasteiger partial charge is 0.352 e. The Morgan fingerprint density at radius 3 is 2.72 bits per heavy atom. The molecule has 0 bridgehead atoms. The molecule has 0 spiro atoms. The molecule has 0 aliphatic carbocycles. The zero-order valence-electron chi connectivity index (χ0n) is 13.9. The molecule has 0 atom stereocenters. The molecule has 3 aromatic heterocycles. The van der Waals surface area contributed by atoms with Crippen molar-refractivity contribution in [2.75, 3.05) is 37.3 Å². The first-order valence-corrected chi connectivity index (χ1v) is 9.32. The molecule has 0 radical (unpaired) electrons. The summed E-state index contributed by atoms with van der Waals surface area (Å²) in [6, 6.07) is 7.60. The van der Waals surface area contributed by atoms with Gasteiger partial charge in [0, 0.05) is 44.8 Å². The van der Waals surface area contributed by atoms with E-state index in [1.54, 1.807) is 16.9 Å². The number of thioether (sulfide) groups is 1. The van der Waals surface area contributed by atoms with Crippen LogP contribution in [0.3, 0.4) is 0 Å². The number of hydrogen-bond donors (Lipinski definition) is 0. The Hall–Kier alpha value is -2.61. The number of pyridine rings is 1. The van der Waals surface area contributed by atoms with Crippen LogP contribution in [0.15, 0.2) is 47.9 Å². The summed E-state index contributed by atoms with van der Waals surface area (Å²) in [6.07, 6.45) is 7.23. The maximum atomic E-state index is 12.8.